The number of carbonyl (C=O) groups is 2. The molecule has 0 aliphatic rings. The van der Waals surface area contributed by atoms with Gasteiger partial charge in [-0.2, -0.15) is 0 Å². The molecule has 0 radical (unpaired) electrons. The lowest BCUT2D eigenvalue weighted by Gasteiger charge is -2.25. The Kier molecular flexibility index (Phi) is 10.3. The van der Waals surface area contributed by atoms with E-state index in [1.54, 1.807) is 5.01 Å². The van der Waals surface area contributed by atoms with Crippen molar-refractivity contribution in [2.24, 2.45) is 0 Å². The lowest BCUT2D eigenvalue weighted by Crippen LogP contribution is -2.43. The molecule has 0 aliphatic heterocycles. The monoisotopic (exact) mass is 397 g/mol. The van der Waals surface area contributed by atoms with Crippen LogP contribution in [0.15, 0.2) is 60.7 Å². The Labute approximate surface area is 173 Å². The first-order valence-electron chi connectivity index (χ1n) is 10.3. The smallest absolute Gasteiger partial charge is 0.305 e. The van der Waals surface area contributed by atoms with Gasteiger partial charge in [0.2, 0.25) is 0 Å². The predicted molar refractivity (Wildman–Crippen MR) is 116 cm³/mol. The summed E-state index contributed by atoms with van der Waals surface area (Å²) >= 11 is 0. The van der Waals surface area contributed by atoms with Crippen molar-refractivity contribution < 1.29 is 14.3 Å². The molecule has 0 heterocycles. The first-order valence-corrected chi connectivity index (χ1v) is 10.3. The number of nitrogens with zero attached hydrogens (tertiary/aromatic N) is 1. The predicted octanol–water partition coefficient (Wildman–Crippen LogP) is 3.96. The Morgan fingerprint density at radius 3 is 2.03 bits per heavy atom. The quantitative estimate of drug-likeness (QED) is 0.304. The van der Waals surface area contributed by atoms with Crippen molar-refractivity contribution in [3.8, 4) is 0 Å². The molecule has 6 nitrogen and oxygen atoms in total. The van der Waals surface area contributed by atoms with E-state index in [9.17, 15) is 9.59 Å². The molecule has 2 aromatic rings. The summed E-state index contributed by atoms with van der Waals surface area (Å²) in [5, 5.41) is 4.97. The second-order valence-corrected chi connectivity index (χ2v) is 6.69. The summed E-state index contributed by atoms with van der Waals surface area (Å²) in [6.45, 7) is 3.28. The zero-order valence-corrected chi connectivity index (χ0v) is 17.1. The Morgan fingerprint density at radius 1 is 0.862 bits per heavy atom. The molecule has 2 aromatic carbocycles. The van der Waals surface area contributed by atoms with Crippen LogP contribution in [0.1, 0.15) is 39.0 Å². The van der Waals surface area contributed by atoms with Crippen LogP contribution in [-0.2, 0) is 14.3 Å². The average Bonchev–Trinajstić information content (AvgIpc) is 2.75. The molecule has 0 unspecified atom stereocenters. The Hall–Kier alpha value is -2.86. The van der Waals surface area contributed by atoms with E-state index < -0.39 is 0 Å². The molecule has 2 rings (SSSR count). The van der Waals surface area contributed by atoms with Crippen molar-refractivity contribution >= 4 is 23.3 Å². The third kappa shape index (κ3) is 8.79. The van der Waals surface area contributed by atoms with Gasteiger partial charge in [0, 0.05) is 6.42 Å². The number of carbonyl (C=O) groups excluding carboxylic acids is 2. The van der Waals surface area contributed by atoms with Crippen LogP contribution in [0.5, 0.6) is 0 Å². The number of nitrogens with one attached hydrogen (secondary N) is 2. The first-order chi connectivity index (χ1) is 14.2. The maximum atomic E-state index is 12.4. The van der Waals surface area contributed by atoms with E-state index in [2.05, 4.69) is 10.7 Å². The number of rotatable bonds is 13. The molecule has 0 fully saturated rings. The van der Waals surface area contributed by atoms with Crippen molar-refractivity contribution in [3.05, 3.63) is 60.7 Å². The Bertz CT molecular complexity index is 683. The number of para-hydroxylation sites is 2. The highest BCUT2D eigenvalue weighted by Gasteiger charge is 2.12. The van der Waals surface area contributed by atoms with E-state index in [1.165, 1.54) is 0 Å². The van der Waals surface area contributed by atoms with Crippen molar-refractivity contribution in [3.63, 3.8) is 0 Å². The highest BCUT2D eigenvalue weighted by Crippen LogP contribution is 2.22. The second-order valence-electron chi connectivity index (χ2n) is 6.69. The molecule has 6 heteroatoms. The summed E-state index contributed by atoms with van der Waals surface area (Å²) in [6, 6.07) is 19.5. The van der Waals surface area contributed by atoms with Crippen LogP contribution in [0, 0.1) is 0 Å². The van der Waals surface area contributed by atoms with Crippen molar-refractivity contribution in [1.29, 1.82) is 0 Å². The van der Waals surface area contributed by atoms with E-state index >= 15 is 0 Å². The highest BCUT2D eigenvalue weighted by atomic mass is 16.5. The summed E-state index contributed by atoms with van der Waals surface area (Å²) in [6.07, 6.45) is 4.31. The largest absolute Gasteiger partial charge is 0.466 e. The topological polar surface area (TPSA) is 70.7 Å². The zero-order chi connectivity index (χ0) is 20.7. The standard InChI is InChI=1S/C23H31N3O3/c1-2-29-23(28)17-11-3-4-12-18-24-19-22(27)25-26(20-13-7-5-8-14-20)21-15-9-6-10-16-21/h5-10,13-16,24H,2-4,11-12,17-19H2,1H3,(H,25,27). The van der Waals surface area contributed by atoms with Gasteiger partial charge in [-0.15, -0.1) is 0 Å². The van der Waals surface area contributed by atoms with E-state index in [-0.39, 0.29) is 18.4 Å². The van der Waals surface area contributed by atoms with E-state index in [4.69, 9.17) is 4.74 Å². The lowest BCUT2D eigenvalue weighted by molar-refractivity contribution is -0.143. The number of hydrogen-bond donors (Lipinski definition) is 2. The van der Waals surface area contributed by atoms with Gasteiger partial charge in [0.1, 0.15) is 0 Å². The van der Waals surface area contributed by atoms with Crippen LogP contribution >= 0.6 is 0 Å². The van der Waals surface area contributed by atoms with Gasteiger partial charge in [-0.3, -0.25) is 20.0 Å². The Morgan fingerprint density at radius 2 is 1.45 bits per heavy atom. The number of anilines is 2. The fourth-order valence-electron chi connectivity index (χ4n) is 2.90. The number of unbranched alkanes of at least 4 members (excludes halogenated alkanes) is 3. The number of hydrazine groups is 1. The molecular formula is C23H31N3O3. The fourth-order valence-corrected chi connectivity index (χ4v) is 2.90. The van der Waals surface area contributed by atoms with Gasteiger partial charge in [-0.1, -0.05) is 49.2 Å². The normalized spacial score (nSPS) is 10.4. The minimum Gasteiger partial charge on any atom is -0.466 e. The summed E-state index contributed by atoms with van der Waals surface area (Å²) in [5.74, 6) is -0.219. The maximum absolute atomic E-state index is 12.4. The second kappa shape index (κ2) is 13.3. The lowest BCUT2D eigenvalue weighted by atomic mass is 10.1. The molecule has 29 heavy (non-hydrogen) atoms. The van der Waals surface area contributed by atoms with Gasteiger partial charge in [0.15, 0.2) is 0 Å². The zero-order valence-electron chi connectivity index (χ0n) is 17.1. The summed E-state index contributed by atoms with van der Waals surface area (Å²) in [5.41, 5.74) is 4.76. The summed E-state index contributed by atoms with van der Waals surface area (Å²) in [7, 11) is 0. The van der Waals surface area contributed by atoms with Gasteiger partial charge < -0.3 is 10.1 Å². The van der Waals surface area contributed by atoms with E-state index in [1.807, 2.05) is 67.6 Å². The van der Waals surface area contributed by atoms with Crippen LogP contribution < -0.4 is 15.8 Å². The maximum Gasteiger partial charge on any atom is 0.305 e. The van der Waals surface area contributed by atoms with Gasteiger partial charge in [-0.25, -0.2) is 0 Å². The third-order valence-electron chi connectivity index (χ3n) is 4.34. The van der Waals surface area contributed by atoms with Crippen LogP contribution in [0.25, 0.3) is 0 Å². The summed E-state index contributed by atoms with van der Waals surface area (Å²) in [4.78, 5) is 23.7. The average molecular weight is 398 g/mol. The van der Waals surface area contributed by atoms with Gasteiger partial charge in [0.05, 0.1) is 24.5 Å². The molecular weight excluding hydrogens is 366 g/mol. The molecule has 156 valence electrons. The first kappa shape index (κ1) is 22.4. The van der Waals surface area contributed by atoms with Crippen LogP contribution in [0.4, 0.5) is 11.4 Å². The van der Waals surface area contributed by atoms with Crippen molar-refractivity contribution in [1.82, 2.24) is 10.7 Å². The van der Waals surface area contributed by atoms with Gasteiger partial charge >= 0.3 is 5.97 Å². The van der Waals surface area contributed by atoms with Crippen molar-refractivity contribution in [2.45, 2.75) is 39.0 Å². The number of ether oxygens (including phenoxy) is 1. The molecule has 0 bridgehead atoms. The number of esters is 1. The van der Waals surface area contributed by atoms with E-state index in [0.717, 1.165) is 43.6 Å². The van der Waals surface area contributed by atoms with Crippen LogP contribution in [0.2, 0.25) is 0 Å². The van der Waals surface area contributed by atoms with Crippen molar-refractivity contribution in [2.75, 3.05) is 24.7 Å². The Balaban J connectivity index is 1.68. The number of benzene rings is 2. The van der Waals surface area contributed by atoms with Crippen LogP contribution in [-0.4, -0.2) is 31.6 Å². The molecule has 0 aromatic heterocycles. The van der Waals surface area contributed by atoms with E-state index in [0.29, 0.717) is 13.0 Å². The molecule has 2 N–H and O–H groups in total. The SMILES string of the molecule is CCOC(=O)CCCCCCNCC(=O)NN(c1ccccc1)c1ccccc1. The molecule has 0 saturated carbocycles. The molecule has 1 amide bonds. The molecule has 0 saturated heterocycles. The highest BCUT2D eigenvalue weighted by molar-refractivity contribution is 5.82. The third-order valence-corrected chi connectivity index (χ3v) is 4.34. The fraction of sp³-hybridized carbons (Fsp3) is 0.391. The molecule has 0 atom stereocenters. The van der Waals surface area contributed by atoms with Gasteiger partial charge in [0.25, 0.3) is 5.91 Å². The molecule has 0 aliphatic carbocycles. The minimum absolute atomic E-state index is 0.0972. The summed E-state index contributed by atoms with van der Waals surface area (Å²) < 4.78 is 4.91. The van der Waals surface area contributed by atoms with Crippen LogP contribution in [0.3, 0.4) is 0 Å². The number of hydrogen-bond acceptors (Lipinski definition) is 5. The number of amides is 1. The van der Waals surface area contributed by atoms with Gasteiger partial charge in [-0.05, 0) is 50.6 Å². The molecule has 0 spiro atoms. The minimum atomic E-state index is -0.122.